The lowest BCUT2D eigenvalue weighted by molar-refractivity contribution is -0.0365. The van der Waals surface area contributed by atoms with E-state index in [-0.39, 0.29) is 12.7 Å². The molecule has 1 aromatic heterocycles. The molecule has 0 spiro atoms. The first-order valence-corrected chi connectivity index (χ1v) is 7.55. The van der Waals surface area contributed by atoms with Crippen LogP contribution in [0.5, 0.6) is 0 Å². The van der Waals surface area contributed by atoms with Crippen LogP contribution >= 0.6 is 0 Å². The zero-order valence-electron chi connectivity index (χ0n) is 12.9. The maximum Gasteiger partial charge on any atom is 0.0969 e. The van der Waals surface area contributed by atoms with E-state index in [0.29, 0.717) is 13.2 Å². The smallest absolute Gasteiger partial charge is 0.0969 e. The summed E-state index contributed by atoms with van der Waals surface area (Å²) >= 11 is 0. The molecule has 1 saturated carbocycles. The predicted octanol–water partition coefficient (Wildman–Crippen LogP) is 0.190. The highest BCUT2D eigenvalue weighted by atomic mass is 16.5. The molecule has 2 N–H and O–H groups in total. The average Bonchev–Trinajstić information content (AvgIpc) is 3.17. The summed E-state index contributed by atoms with van der Waals surface area (Å²) in [6, 6.07) is 0. The predicted molar refractivity (Wildman–Crippen MR) is 77.7 cm³/mol. The van der Waals surface area contributed by atoms with Crippen molar-refractivity contribution < 1.29 is 14.6 Å². The van der Waals surface area contributed by atoms with Gasteiger partial charge in [0.1, 0.15) is 0 Å². The fourth-order valence-corrected chi connectivity index (χ4v) is 2.06. The number of nitrogens with zero attached hydrogens (tertiary/aromatic N) is 3. The summed E-state index contributed by atoms with van der Waals surface area (Å²) in [6.07, 6.45) is 3.92. The van der Waals surface area contributed by atoms with E-state index in [2.05, 4.69) is 15.6 Å². The zero-order chi connectivity index (χ0) is 15.1. The molecule has 2 atom stereocenters. The molecule has 120 valence electrons. The highest BCUT2D eigenvalue weighted by Crippen LogP contribution is 2.27. The number of methoxy groups -OCH3 is 1. The Labute approximate surface area is 125 Å². The van der Waals surface area contributed by atoms with Crippen LogP contribution in [0.15, 0.2) is 6.20 Å². The number of ether oxygens (including phenoxy) is 2. The van der Waals surface area contributed by atoms with Crippen LogP contribution in [-0.4, -0.2) is 59.2 Å². The molecule has 1 aliphatic carbocycles. The van der Waals surface area contributed by atoms with Gasteiger partial charge in [0, 0.05) is 19.9 Å². The van der Waals surface area contributed by atoms with E-state index in [1.165, 1.54) is 12.8 Å². The molecule has 1 aliphatic rings. The molecule has 0 radical (unpaired) electrons. The number of hydrogen-bond acceptors (Lipinski definition) is 6. The van der Waals surface area contributed by atoms with Crippen molar-refractivity contribution in [1.29, 1.82) is 0 Å². The van der Waals surface area contributed by atoms with E-state index < -0.39 is 6.10 Å². The van der Waals surface area contributed by atoms with E-state index >= 15 is 0 Å². The Morgan fingerprint density at radius 3 is 3.00 bits per heavy atom. The Morgan fingerprint density at radius 2 is 2.29 bits per heavy atom. The fraction of sp³-hybridized carbons (Fsp3) is 0.857. The SMILES string of the molecule is COCC(C)OCC(O)Cn1cc(CNCC2CC2)nn1. The van der Waals surface area contributed by atoms with E-state index in [4.69, 9.17) is 9.47 Å². The molecule has 1 heterocycles. The van der Waals surface area contributed by atoms with Crippen LogP contribution in [0.4, 0.5) is 0 Å². The maximum atomic E-state index is 9.92. The van der Waals surface area contributed by atoms with Crippen molar-refractivity contribution in [2.75, 3.05) is 26.9 Å². The number of rotatable bonds is 11. The first-order chi connectivity index (χ1) is 10.2. The van der Waals surface area contributed by atoms with Crippen LogP contribution < -0.4 is 5.32 Å². The zero-order valence-corrected chi connectivity index (χ0v) is 12.9. The van der Waals surface area contributed by atoms with Crippen LogP contribution in [0.3, 0.4) is 0 Å². The normalized spacial score (nSPS) is 17.9. The summed E-state index contributed by atoms with van der Waals surface area (Å²) in [7, 11) is 1.63. The van der Waals surface area contributed by atoms with Gasteiger partial charge in [0.15, 0.2) is 0 Å². The van der Waals surface area contributed by atoms with Crippen molar-refractivity contribution in [3.8, 4) is 0 Å². The van der Waals surface area contributed by atoms with Gasteiger partial charge >= 0.3 is 0 Å². The van der Waals surface area contributed by atoms with Crippen LogP contribution in [0, 0.1) is 5.92 Å². The molecule has 7 nitrogen and oxygen atoms in total. The number of aliphatic hydroxyl groups is 1. The van der Waals surface area contributed by atoms with Gasteiger partial charge in [0.05, 0.1) is 37.7 Å². The first kappa shape index (κ1) is 16.4. The minimum absolute atomic E-state index is 0.0254. The number of nitrogens with one attached hydrogen (secondary N) is 1. The lowest BCUT2D eigenvalue weighted by atomic mass is 10.3. The number of aliphatic hydroxyl groups excluding tert-OH is 1. The van der Waals surface area contributed by atoms with Crippen molar-refractivity contribution in [2.24, 2.45) is 5.92 Å². The number of aromatic nitrogens is 3. The molecule has 2 unspecified atom stereocenters. The van der Waals surface area contributed by atoms with Gasteiger partial charge in [-0.05, 0) is 32.2 Å². The van der Waals surface area contributed by atoms with Gasteiger partial charge in [-0.1, -0.05) is 5.21 Å². The monoisotopic (exact) mass is 298 g/mol. The van der Waals surface area contributed by atoms with Crippen molar-refractivity contribution in [2.45, 2.75) is 45.1 Å². The van der Waals surface area contributed by atoms with Gasteiger partial charge in [0.25, 0.3) is 0 Å². The molecule has 0 amide bonds. The molecule has 21 heavy (non-hydrogen) atoms. The maximum absolute atomic E-state index is 9.92. The third-order valence-electron chi connectivity index (χ3n) is 3.39. The first-order valence-electron chi connectivity index (χ1n) is 7.55. The molecule has 1 aromatic rings. The van der Waals surface area contributed by atoms with Crippen LogP contribution in [0.25, 0.3) is 0 Å². The second-order valence-corrected chi connectivity index (χ2v) is 5.76. The molecular formula is C14H26N4O3. The van der Waals surface area contributed by atoms with Gasteiger partial charge in [-0.3, -0.25) is 0 Å². The van der Waals surface area contributed by atoms with E-state index in [9.17, 15) is 5.11 Å². The Kier molecular flexibility index (Phi) is 6.56. The van der Waals surface area contributed by atoms with Crippen molar-refractivity contribution in [1.82, 2.24) is 20.3 Å². The van der Waals surface area contributed by atoms with Crippen LogP contribution in [-0.2, 0) is 22.6 Å². The molecule has 0 aromatic carbocycles. The topological polar surface area (TPSA) is 81.4 Å². The van der Waals surface area contributed by atoms with Crippen LogP contribution in [0.1, 0.15) is 25.5 Å². The highest BCUT2D eigenvalue weighted by Gasteiger charge is 2.20. The summed E-state index contributed by atoms with van der Waals surface area (Å²) in [4.78, 5) is 0. The Morgan fingerprint density at radius 1 is 1.48 bits per heavy atom. The molecule has 7 heteroatoms. The summed E-state index contributed by atoms with van der Waals surface area (Å²) in [5, 5.41) is 21.4. The van der Waals surface area contributed by atoms with Gasteiger partial charge in [-0.2, -0.15) is 0 Å². The summed E-state index contributed by atoms with van der Waals surface area (Å²) < 4.78 is 12.1. The van der Waals surface area contributed by atoms with Gasteiger partial charge in [-0.15, -0.1) is 5.10 Å². The van der Waals surface area contributed by atoms with Gasteiger partial charge in [0.2, 0.25) is 0 Å². The quantitative estimate of drug-likeness (QED) is 0.607. The van der Waals surface area contributed by atoms with Gasteiger partial charge < -0.3 is 19.9 Å². The fourth-order valence-electron chi connectivity index (χ4n) is 2.06. The molecule has 0 saturated heterocycles. The number of hydrogen-bond donors (Lipinski definition) is 2. The molecular weight excluding hydrogens is 272 g/mol. The second kappa shape index (κ2) is 8.43. The second-order valence-electron chi connectivity index (χ2n) is 5.76. The summed E-state index contributed by atoms with van der Waals surface area (Å²) in [6.45, 7) is 4.87. The van der Waals surface area contributed by atoms with Gasteiger partial charge in [-0.25, -0.2) is 4.68 Å². The third kappa shape index (κ3) is 6.52. The lowest BCUT2D eigenvalue weighted by Crippen LogP contribution is -2.26. The molecule has 2 rings (SSSR count). The van der Waals surface area contributed by atoms with Crippen LogP contribution in [0.2, 0.25) is 0 Å². The third-order valence-corrected chi connectivity index (χ3v) is 3.39. The minimum atomic E-state index is -0.599. The van der Waals surface area contributed by atoms with Crippen molar-refractivity contribution in [3.05, 3.63) is 11.9 Å². The van der Waals surface area contributed by atoms with E-state index in [0.717, 1.165) is 24.7 Å². The Balaban J connectivity index is 1.63. The standard InChI is InChI=1S/C14H26N4O3/c1-11(9-20-2)21-10-14(19)8-18-7-13(16-17-18)6-15-5-12-3-4-12/h7,11-12,14-15,19H,3-6,8-10H2,1-2H3. The van der Waals surface area contributed by atoms with Crippen molar-refractivity contribution >= 4 is 0 Å². The summed E-state index contributed by atoms with van der Waals surface area (Å²) in [5.74, 6) is 0.855. The average molecular weight is 298 g/mol. The minimum Gasteiger partial charge on any atom is -0.389 e. The largest absolute Gasteiger partial charge is 0.389 e. The summed E-state index contributed by atoms with van der Waals surface area (Å²) in [5.41, 5.74) is 0.900. The van der Waals surface area contributed by atoms with E-state index in [1.54, 1.807) is 11.8 Å². The van der Waals surface area contributed by atoms with E-state index in [1.807, 2.05) is 13.1 Å². The Bertz CT molecular complexity index is 409. The molecule has 0 aliphatic heterocycles. The highest BCUT2D eigenvalue weighted by molar-refractivity contribution is 4.92. The van der Waals surface area contributed by atoms with Crippen molar-refractivity contribution in [3.63, 3.8) is 0 Å². The lowest BCUT2D eigenvalue weighted by Gasteiger charge is -2.15. The molecule has 1 fully saturated rings. The Hall–Kier alpha value is -1.02. The molecule has 0 bridgehead atoms.